The van der Waals surface area contributed by atoms with Crippen LogP contribution in [0.25, 0.3) is 11.3 Å². The van der Waals surface area contributed by atoms with Gasteiger partial charge in [0.2, 0.25) is 17.8 Å². The summed E-state index contributed by atoms with van der Waals surface area (Å²) in [4.78, 5) is 80.6. The van der Waals surface area contributed by atoms with E-state index >= 15 is 0 Å². The third-order valence-electron chi connectivity index (χ3n) is 12.3. The molecule has 3 fully saturated rings. The maximum atomic E-state index is 13.3. The van der Waals surface area contributed by atoms with Crippen LogP contribution in [0, 0.1) is 12.8 Å². The molecule has 0 spiro atoms. The number of aryl methyl sites for hydroxylation is 1. The summed E-state index contributed by atoms with van der Waals surface area (Å²) in [6, 6.07) is 20.6. The third kappa shape index (κ3) is 8.60. The molecule has 4 aliphatic heterocycles. The Balaban J connectivity index is 0.726. The van der Waals surface area contributed by atoms with Crippen LogP contribution in [-0.4, -0.2) is 116 Å². The lowest BCUT2D eigenvalue weighted by Crippen LogP contribution is -2.55. The number of piperazine rings is 1. The molecule has 1 unspecified atom stereocenters. The van der Waals surface area contributed by atoms with Crippen LogP contribution in [0.2, 0.25) is 0 Å². The predicted octanol–water partition coefficient (Wildman–Crippen LogP) is 4.13. The molecule has 0 aliphatic carbocycles. The van der Waals surface area contributed by atoms with Gasteiger partial charge in [0, 0.05) is 93.5 Å². The van der Waals surface area contributed by atoms with Crippen LogP contribution in [0.1, 0.15) is 75.9 Å². The normalized spacial score (nSPS) is 18.3. The van der Waals surface area contributed by atoms with Crippen molar-refractivity contribution >= 4 is 52.5 Å². The SMILES string of the molecule is Cc1cc(-c2ccnc(Nc3ccc(N4CCN(CC5CN(c6ccc7c(c6)C(=O)N(C6CCC(=O)NC6=O)C7=O)C5)CC4)cc3)n2)ccc1CNC(=O)c1cn(C(C)(C)C)nn1. The molecule has 0 bridgehead atoms. The summed E-state index contributed by atoms with van der Waals surface area (Å²) in [6.45, 7) is 14.8. The maximum absolute atomic E-state index is 13.3. The number of rotatable bonds is 11. The minimum Gasteiger partial charge on any atom is -0.371 e. The minimum atomic E-state index is -0.971. The lowest BCUT2D eigenvalue weighted by molar-refractivity contribution is -0.136. The van der Waals surface area contributed by atoms with Gasteiger partial charge in [-0.25, -0.2) is 14.6 Å². The zero-order chi connectivity index (χ0) is 44.0. The highest BCUT2D eigenvalue weighted by Gasteiger charge is 2.45. The number of nitrogens with one attached hydrogen (secondary N) is 3. The molecule has 3 N–H and O–H groups in total. The molecule has 3 saturated heterocycles. The Kier molecular flexibility index (Phi) is 11.0. The highest BCUT2D eigenvalue weighted by atomic mass is 16.2. The Morgan fingerprint density at radius 1 is 0.857 bits per heavy atom. The molecule has 5 amide bonds. The number of imide groups is 2. The number of hydrogen-bond acceptors (Lipinski definition) is 13. The van der Waals surface area contributed by atoms with Crippen LogP contribution >= 0.6 is 0 Å². The Morgan fingerprint density at radius 3 is 2.32 bits per heavy atom. The van der Waals surface area contributed by atoms with Crippen LogP contribution in [0.15, 0.2) is 79.1 Å². The summed E-state index contributed by atoms with van der Waals surface area (Å²) in [6.07, 6.45) is 3.63. The lowest BCUT2D eigenvalue weighted by atomic mass is 9.97. The summed E-state index contributed by atoms with van der Waals surface area (Å²) >= 11 is 0. The average Bonchev–Trinajstić information content (AvgIpc) is 3.86. The van der Waals surface area contributed by atoms with E-state index in [0.717, 1.165) is 90.2 Å². The summed E-state index contributed by atoms with van der Waals surface area (Å²) in [5.41, 5.74) is 7.31. The first-order valence-electron chi connectivity index (χ1n) is 21.4. The van der Waals surface area contributed by atoms with Crippen LogP contribution in [-0.2, 0) is 21.7 Å². The van der Waals surface area contributed by atoms with E-state index in [4.69, 9.17) is 4.98 Å². The molecule has 1 atom stereocenters. The number of carbonyl (C=O) groups is 5. The van der Waals surface area contributed by atoms with Gasteiger partial charge in [-0.05, 0) is 99.8 Å². The van der Waals surface area contributed by atoms with E-state index in [-0.39, 0.29) is 30.0 Å². The summed E-state index contributed by atoms with van der Waals surface area (Å²) < 4.78 is 1.68. The standard InChI is InChI=1S/C46H50N12O5/c1-28-21-30(5-6-31(28)23-48-41(60)38-27-57(53-52-38)46(2,3)4)37-15-16-47-45(50-37)49-32-7-9-33(10-8-32)55-19-17-54(18-20-55)24-29-25-56(26-29)34-11-12-35-36(22-34)44(63)58(43(35)62)39-13-14-40(59)51-42(39)61/h5-12,15-16,21-22,27,29,39H,13-14,17-20,23-26H2,1-4H3,(H,48,60)(H,47,49,50)(H,51,59,61). The van der Waals surface area contributed by atoms with Crippen molar-refractivity contribution in [1.82, 2.24) is 45.4 Å². The molecular formula is C46H50N12O5. The fraction of sp³-hybridized carbons (Fsp3) is 0.370. The molecule has 3 aromatic carbocycles. The Labute approximate surface area is 364 Å². The van der Waals surface area contributed by atoms with E-state index in [2.05, 4.69) is 64.1 Å². The second-order valence-corrected chi connectivity index (χ2v) is 17.7. The molecule has 0 radical (unpaired) electrons. The molecule has 17 heteroatoms. The highest BCUT2D eigenvalue weighted by Crippen LogP contribution is 2.34. The highest BCUT2D eigenvalue weighted by molar-refractivity contribution is 6.23. The second kappa shape index (κ2) is 16.7. The monoisotopic (exact) mass is 850 g/mol. The van der Waals surface area contributed by atoms with E-state index < -0.39 is 29.7 Å². The average molecular weight is 851 g/mol. The molecule has 324 valence electrons. The number of piperidine rings is 1. The van der Waals surface area contributed by atoms with Crippen molar-refractivity contribution in [2.24, 2.45) is 5.92 Å². The Bertz CT molecular complexity index is 2610. The number of benzene rings is 3. The number of nitrogens with zero attached hydrogens (tertiary/aromatic N) is 9. The number of anilines is 4. The van der Waals surface area contributed by atoms with Gasteiger partial charge < -0.3 is 20.4 Å². The van der Waals surface area contributed by atoms with Crippen LogP contribution < -0.4 is 25.8 Å². The molecule has 9 rings (SSSR count). The van der Waals surface area contributed by atoms with Gasteiger partial charge in [0.05, 0.1) is 28.6 Å². The molecular weight excluding hydrogens is 801 g/mol. The number of hydrogen-bond donors (Lipinski definition) is 3. The molecule has 6 heterocycles. The van der Waals surface area contributed by atoms with E-state index in [1.807, 2.05) is 64.1 Å². The molecule has 4 aliphatic rings. The minimum absolute atomic E-state index is 0.0923. The Morgan fingerprint density at radius 2 is 1.60 bits per heavy atom. The van der Waals surface area contributed by atoms with Gasteiger partial charge >= 0.3 is 0 Å². The van der Waals surface area contributed by atoms with E-state index in [0.29, 0.717) is 29.5 Å². The van der Waals surface area contributed by atoms with Gasteiger partial charge in [0.15, 0.2) is 5.69 Å². The van der Waals surface area contributed by atoms with Gasteiger partial charge in [0.25, 0.3) is 17.7 Å². The second-order valence-electron chi connectivity index (χ2n) is 17.7. The van der Waals surface area contributed by atoms with Crippen molar-refractivity contribution < 1.29 is 24.0 Å². The van der Waals surface area contributed by atoms with E-state index in [1.165, 1.54) is 0 Å². The van der Waals surface area contributed by atoms with Crippen LogP contribution in [0.3, 0.4) is 0 Å². The van der Waals surface area contributed by atoms with E-state index in [1.54, 1.807) is 29.2 Å². The fourth-order valence-corrected chi connectivity index (χ4v) is 8.59. The van der Waals surface area contributed by atoms with Gasteiger partial charge in [-0.1, -0.05) is 17.3 Å². The molecule has 5 aromatic rings. The van der Waals surface area contributed by atoms with Gasteiger partial charge in [-0.3, -0.25) is 39.1 Å². The first-order valence-corrected chi connectivity index (χ1v) is 21.4. The number of fused-ring (bicyclic) bond motifs is 1. The van der Waals surface area contributed by atoms with Crippen molar-refractivity contribution in [3.05, 3.63) is 107 Å². The maximum Gasteiger partial charge on any atom is 0.273 e. The topological polar surface area (TPSA) is 191 Å². The lowest BCUT2D eigenvalue weighted by Gasteiger charge is -2.45. The summed E-state index contributed by atoms with van der Waals surface area (Å²) in [7, 11) is 0. The Hall–Kier alpha value is -7.01. The van der Waals surface area contributed by atoms with Crippen molar-refractivity contribution in [2.75, 3.05) is 60.9 Å². The van der Waals surface area contributed by atoms with Gasteiger partial charge in [-0.15, -0.1) is 5.10 Å². The quantitative estimate of drug-likeness (QED) is 0.161. The molecule has 63 heavy (non-hydrogen) atoms. The smallest absolute Gasteiger partial charge is 0.273 e. The molecule has 0 saturated carbocycles. The van der Waals surface area contributed by atoms with Crippen molar-refractivity contribution in [2.45, 2.75) is 58.7 Å². The zero-order valence-electron chi connectivity index (χ0n) is 35.8. The summed E-state index contributed by atoms with van der Waals surface area (Å²) in [5, 5.41) is 16.7. The van der Waals surface area contributed by atoms with Gasteiger partial charge in [0.1, 0.15) is 6.04 Å². The van der Waals surface area contributed by atoms with E-state index in [9.17, 15) is 24.0 Å². The number of aromatic nitrogens is 5. The van der Waals surface area contributed by atoms with Crippen LogP contribution in [0.5, 0.6) is 0 Å². The molecule has 17 nitrogen and oxygen atoms in total. The van der Waals surface area contributed by atoms with Gasteiger partial charge in [-0.2, -0.15) is 0 Å². The molecule has 2 aromatic heterocycles. The van der Waals surface area contributed by atoms with Crippen molar-refractivity contribution in [1.29, 1.82) is 0 Å². The zero-order valence-corrected chi connectivity index (χ0v) is 35.8. The predicted molar refractivity (Wildman–Crippen MR) is 236 cm³/mol. The summed E-state index contributed by atoms with van der Waals surface area (Å²) in [5.74, 6) is -1.25. The number of carbonyl (C=O) groups excluding carboxylic acids is 5. The third-order valence-corrected chi connectivity index (χ3v) is 12.3. The number of amides is 5. The first-order chi connectivity index (χ1) is 30.3. The van der Waals surface area contributed by atoms with Crippen molar-refractivity contribution in [3.8, 4) is 11.3 Å². The van der Waals surface area contributed by atoms with Crippen molar-refractivity contribution in [3.63, 3.8) is 0 Å². The largest absolute Gasteiger partial charge is 0.371 e. The fourth-order valence-electron chi connectivity index (χ4n) is 8.59. The first kappa shape index (κ1) is 41.3. The van der Waals surface area contributed by atoms with Crippen LogP contribution in [0.4, 0.5) is 23.0 Å².